The van der Waals surface area contributed by atoms with Crippen LogP contribution >= 0.6 is 0 Å². The number of benzene rings is 1. The zero-order chi connectivity index (χ0) is 17.6. The van der Waals surface area contributed by atoms with Gasteiger partial charge in [0.1, 0.15) is 25.0 Å². The van der Waals surface area contributed by atoms with Crippen molar-refractivity contribution < 1.29 is 33.7 Å². The Balaban J connectivity index is 1.38. The number of ether oxygens (including phenoxy) is 4. The van der Waals surface area contributed by atoms with Gasteiger partial charge < -0.3 is 29.0 Å². The summed E-state index contributed by atoms with van der Waals surface area (Å²) >= 11 is 0. The van der Waals surface area contributed by atoms with Crippen LogP contribution in [0.3, 0.4) is 0 Å². The molecule has 138 valence electrons. The van der Waals surface area contributed by atoms with Crippen molar-refractivity contribution >= 4 is 6.09 Å². The van der Waals surface area contributed by atoms with Crippen molar-refractivity contribution in [3.05, 3.63) is 18.2 Å². The van der Waals surface area contributed by atoms with Crippen LogP contribution in [0.4, 0.5) is 4.79 Å². The highest BCUT2D eigenvalue weighted by Crippen LogP contribution is 2.35. The van der Waals surface area contributed by atoms with Crippen LogP contribution in [0.2, 0.25) is 0 Å². The molecule has 2 aliphatic rings. The summed E-state index contributed by atoms with van der Waals surface area (Å²) in [7, 11) is 0. The first-order valence-electron chi connectivity index (χ1n) is 8.61. The highest BCUT2D eigenvalue weighted by molar-refractivity contribution is 5.67. The number of quaternary nitrogens is 1. The minimum Gasteiger partial charge on any atom is -0.491 e. The van der Waals surface area contributed by atoms with Crippen molar-refractivity contribution in [3.63, 3.8) is 0 Å². The van der Waals surface area contributed by atoms with Gasteiger partial charge in [-0.2, -0.15) is 0 Å². The molecule has 0 aromatic heterocycles. The molecule has 8 heteroatoms. The van der Waals surface area contributed by atoms with Gasteiger partial charge in [0, 0.05) is 6.07 Å². The molecule has 1 saturated heterocycles. The Morgan fingerprint density at radius 1 is 1.32 bits per heavy atom. The molecule has 1 atom stereocenters. The molecule has 1 aromatic rings. The first kappa shape index (κ1) is 17.6. The van der Waals surface area contributed by atoms with E-state index in [1.807, 2.05) is 0 Å². The fourth-order valence-corrected chi connectivity index (χ4v) is 2.98. The molecule has 0 aliphatic carbocycles. The summed E-state index contributed by atoms with van der Waals surface area (Å²) in [5.74, 6) is 2.01. The first-order valence-corrected chi connectivity index (χ1v) is 8.61. The monoisotopic (exact) mass is 353 g/mol. The fourth-order valence-electron chi connectivity index (χ4n) is 2.98. The standard InChI is InChI=1S/C17H24N2O6/c1-2-22-17(21)19-7-5-18(6-8-19)10-13(20)11-23-14-3-4-15-16(9-14)25-12-24-15/h3-4,9,13,20H,2,5-8,10-12H2,1H3/p+1/t13-/m0/s1. The van der Waals surface area contributed by atoms with Crippen LogP contribution in [0.25, 0.3) is 0 Å². The summed E-state index contributed by atoms with van der Waals surface area (Å²) in [6.45, 7) is 6.08. The molecule has 0 radical (unpaired) electrons. The molecule has 8 nitrogen and oxygen atoms in total. The third-order valence-electron chi connectivity index (χ3n) is 4.31. The van der Waals surface area contributed by atoms with Gasteiger partial charge in [-0.1, -0.05) is 0 Å². The van der Waals surface area contributed by atoms with Crippen molar-refractivity contribution in [2.24, 2.45) is 0 Å². The maximum Gasteiger partial charge on any atom is 0.410 e. The number of hydrogen-bond donors (Lipinski definition) is 2. The van der Waals surface area contributed by atoms with Crippen molar-refractivity contribution in [1.29, 1.82) is 0 Å². The molecule has 2 aliphatic heterocycles. The Hall–Kier alpha value is -2.19. The maximum absolute atomic E-state index is 11.7. The van der Waals surface area contributed by atoms with Gasteiger partial charge >= 0.3 is 6.09 Å². The van der Waals surface area contributed by atoms with Crippen LogP contribution in [0.5, 0.6) is 17.2 Å². The number of rotatable bonds is 6. The third kappa shape index (κ3) is 4.67. The van der Waals surface area contributed by atoms with Crippen LogP contribution in [0.15, 0.2) is 18.2 Å². The van der Waals surface area contributed by atoms with Gasteiger partial charge in [0.25, 0.3) is 0 Å². The van der Waals surface area contributed by atoms with Gasteiger partial charge in [-0.15, -0.1) is 0 Å². The predicted octanol–water partition coefficient (Wildman–Crippen LogP) is -0.488. The molecule has 25 heavy (non-hydrogen) atoms. The highest BCUT2D eigenvalue weighted by atomic mass is 16.7. The second-order valence-electron chi connectivity index (χ2n) is 6.12. The summed E-state index contributed by atoms with van der Waals surface area (Å²) < 4.78 is 21.2. The van der Waals surface area contributed by atoms with Crippen molar-refractivity contribution in [2.75, 3.05) is 52.7 Å². The highest BCUT2D eigenvalue weighted by Gasteiger charge is 2.26. The third-order valence-corrected chi connectivity index (χ3v) is 4.31. The number of piperazine rings is 1. The smallest absolute Gasteiger partial charge is 0.410 e. The van der Waals surface area contributed by atoms with Crippen LogP contribution in [-0.2, 0) is 4.74 Å². The number of aliphatic hydroxyl groups is 1. The lowest BCUT2D eigenvalue weighted by molar-refractivity contribution is -0.907. The van der Waals surface area contributed by atoms with Gasteiger partial charge in [0.2, 0.25) is 6.79 Å². The Labute approximate surface area is 146 Å². The maximum atomic E-state index is 11.7. The van der Waals surface area contributed by atoms with Gasteiger partial charge in [0.15, 0.2) is 11.5 Å². The van der Waals surface area contributed by atoms with Crippen LogP contribution in [-0.4, -0.2) is 74.9 Å². The van der Waals surface area contributed by atoms with Crippen molar-refractivity contribution in [3.8, 4) is 17.2 Å². The second-order valence-corrected chi connectivity index (χ2v) is 6.12. The van der Waals surface area contributed by atoms with E-state index in [0.29, 0.717) is 43.5 Å². The Morgan fingerprint density at radius 3 is 2.84 bits per heavy atom. The Bertz CT molecular complexity index is 589. The number of nitrogens with zero attached hydrogens (tertiary/aromatic N) is 1. The summed E-state index contributed by atoms with van der Waals surface area (Å²) in [6, 6.07) is 5.36. The molecule has 2 N–H and O–H groups in total. The second kappa shape index (κ2) is 8.26. The molecule has 0 spiro atoms. The molecule has 0 unspecified atom stereocenters. The number of fused-ring (bicyclic) bond motifs is 1. The first-order chi connectivity index (χ1) is 12.2. The molecule has 1 amide bonds. The predicted molar refractivity (Wildman–Crippen MR) is 88.2 cm³/mol. The van der Waals surface area contributed by atoms with E-state index in [2.05, 4.69) is 0 Å². The molecule has 0 bridgehead atoms. The van der Waals surface area contributed by atoms with Crippen LogP contribution < -0.4 is 19.1 Å². The van der Waals surface area contributed by atoms with Gasteiger partial charge in [-0.25, -0.2) is 4.79 Å². The van der Waals surface area contributed by atoms with Crippen LogP contribution in [0, 0.1) is 0 Å². The van der Waals surface area contributed by atoms with Crippen LogP contribution in [0.1, 0.15) is 6.92 Å². The van der Waals surface area contributed by atoms with E-state index in [4.69, 9.17) is 18.9 Å². The summed E-state index contributed by atoms with van der Waals surface area (Å²) in [6.07, 6.45) is -0.831. The van der Waals surface area contributed by atoms with Gasteiger partial charge in [0.05, 0.1) is 32.8 Å². The number of carbonyl (C=O) groups excluding carboxylic acids is 1. The lowest BCUT2D eigenvalue weighted by atomic mass is 10.2. The molecule has 3 rings (SSSR count). The largest absolute Gasteiger partial charge is 0.491 e. The van der Waals surface area contributed by atoms with E-state index in [1.165, 1.54) is 4.90 Å². The topological polar surface area (TPSA) is 81.9 Å². The van der Waals surface area contributed by atoms with E-state index in [0.717, 1.165) is 13.1 Å². The molecule has 1 fully saturated rings. The van der Waals surface area contributed by atoms with E-state index in [1.54, 1.807) is 30.0 Å². The Kier molecular flexibility index (Phi) is 5.83. The SMILES string of the molecule is CCOC(=O)N1CC[NH+](C[C@H](O)COc2ccc3c(c2)OCO3)CC1. The number of amides is 1. The minimum absolute atomic E-state index is 0.213. The summed E-state index contributed by atoms with van der Waals surface area (Å²) in [4.78, 5) is 14.6. The lowest BCUT2D eigenvalue weighted by Crippen LogP contribution is -3.16. The zero-order valence-corrected chi connectivity index (χ0v) is 14.4. The Morgan fingerprint density at radius 2 is 2.08 bits per heavy atom. The molecule has 1 aromatic carbocycles. The number of hydrogen-bond acceptors (Lipinski definition) is 6. The quantitative estimate of drug-likeness (QED) is 0.718. The fraction of sp³-hybridized carbons (Fsp3) is 0.588. The molecule has 0 saturated carbocycles. The van der Waals surface area contributed by atoms with E-state index in [-0.39, 0.29) is 19.5 Å². The van der Waals surface area contributed by atoms with Gasteiger partial charge in [-0.3, -0.25) is 4.90 Å². The summed E-state index contributed by atoms with van der Waals surface area (Å²) in [5, 5.41) is 10.2. The van der Waals surface area contributed by atoms with Crippen molar-refractivity contribution in [2.45, 2.75) is 13.0 Å². The zero-order valence-electron chi connectivity index (χ0n) is 14.4. The average Bonchev–Trinajstić information content (AvgIpc) is 3.08. The average molecular weight is 353 g/mol. The normalized spacial score (nSPS) is 18.1. The number of aliphatic hydroxyl groups excluding tert-OH is 1. The molecular formula is C17H25N2O6+. The summed E-state index contributed by atoms with van der Waals surface area (Å²) in [5.41, 5.74) is 0. The number of nitrogens with one attached hydrogen (secondary N) is 1. The molecule has 2 heterocycles. The van der Waals surface area contributed by atoms with Gasteiger partial charge in [-0.05, 0) is 19.1 Å². The lowest BCUT2D eigenvalue weighted by Gasteiger charge is -2.32. The number of carbonyl (C=O) groups is 1. The van der Waals surface area contributed by atoms with Crippen molar-refractivity contribution in [1.82, 2.24) is 4.90 Å². The van der Waals surface area contributed by atoms with E-state index >= 15 is 0 Å². The minimum atomic E-state index is -0.574. The van der Waals surface area contributed by atoms with E-state index < -0.39 is 6.10 Å². The van der Waals surface area contributed by atoms with E-state index in [9.17, 15) is 9.90 Å². The molecular weight excluding hydrogens is 328 g/mol.